The number of esters is 1. The summed E-state index contributed by atoms with van der Waals surface area (Å²) in [6.07, 6.45) is 2.63. The Morgan fingerprint density at radius 3 is 2.38 bits per heavy atom. The molecule has 0 atom stereocenters. The van der Waals surface area contributed by atoms with Crippen molar-refractivity contribution in [3.05, 3.63) is 55.9 Å². The lowest BCUT2D eigenvalue weighted by Crippen LogP contribution is -2.15. The Labute approximate surface area is 166 Å². The van der Waals surface area contributed by atoms with Crippen LogP contribution >= 0.6 is 34.5 Å². The summed E-state index contributed by atoms with van der Waals surface area (Å²) in [6.45, 7) is 7.28. The first-order valence-electron chi connectivity index (χ1n) is 7.94. The number of anilines is 1. The summed E-state index contributed by atoms with van der Waals surface area (Å²) in [5.74, 6) is -0.837. The summed E-state index contributed by atoms with van der Waals surface area (Å²) >= 11 is 13.5. The van der Waals surface area contributed by atoms with Crippen molar-refractivity contribution < 1.29 is 14.3 Å². The molecule has 26 heavy (non-hydrogen) atoms. The van der Waals surface area contributed by atoms with Gasteiger partial charge in [-0.05, 0) is 51.5 Å². The van der Waals surface area contributed by atoms with E-state index < -0.39 is 5.97 Å². The summed E-state index contributed by atoms with van der Waals surface area (Å²) in [4.78, 5) is 25.6. The number of thiophene rings is 1. The van der Waals surface area contributed by atoms with E-state index in [9.17, 15) is 9.59 Å². The number of ether oxygens (including phenoxy) is 1. The highest BCUT2D eigenvalue weighted by molar-refractivity contribution is 7.16. The molecule has 0 radical (unpaired) electrons. The van der Waals surface area contributed by atoms with Gasteiger partial charge in [-0.3, -0.25) is 4.79 Å². The fourth-order valence-corrected chi connectivity index (χ4v) is 3.79. The van der Waals surface area contributed by atoms with E-state index in [2.05, 4.69) is 5.32 Å². The number of aryl methyl sites for hydroxylation is 1. The van der Waals surface area contributed by atoms with Crippen molar-refractivity contribution in [1.29, 1.82) is 0 Å². The number of hydrogen-bond donors (Lipinski definition) is 1. The number of amides is 1. The van der Waals surface area contributed by atoms with Crippen molar-refractivity contribution in [2.45, 2.75) is 33.8 Å². The molecular weight excluding hydrogens is 393 g/mol. The molecule has 0 saturated heterocycles. The number of nitrogens with one attached hydrogen (secondary N) is 1. The summed E-state index contributed by atoms with van der Waals surface area (Å²) in [6, 6.07) is 5.11. The Morgan fingerprint density at radius 2 is 1.81 bits per heavy atom. The van der Waals surface area contributed by atoms with E-state index in [-0.39, 0.29) is 12.0 Å². The molecule has 1 aromatic carbocycles. The minimum absolute atomic E-state index is 0.243. The molecule has 0 saturated carbocycles. The lowest BCUT2D eigenvalue weighted by atomic mass is 10.1. The van der Waals surface area contributed by atoms with Gasteiger partial charge in [0.2, 0.25) is 5.91 Å². The zero-order chi connectivity index (χ0) is 19.4. The molecule has 0 aliphatic rings. The second-order valence-electron chi connectivity index (χ2n) is 5.90. The molecule has 7 heteroatoms. The van der Waals surface area contributed by atoms with Crippen molar-refractivity contribution in [3.8, 4) is 0 Å². The van der Waals surface area contributed by atoms with Crippen LogP contribution in [0.25, 0.3) is 6.08 Å². The van der Waals surface area contributed by atoms with Gasteiger partial charge in [0.05, 0.1) is 11.7 Å². The first-order chi connectivity index (χ1) is 12.2. The van der Waals surface area contributed by atoms with Crippen molar-refractivity contribution in [3.63, 3.8) is 0 Å². The minimum Gasteiger partial charge on any atom is -0.459 e. The van der Waals surface area contributed by atoms with Gasteiger partial charge in [0.1, 0.15) is 5.00 Å². The molecule has 2 rings (SSSR count). The maximum absolute atomic E-state index is 12.3. The van der Waals surface area contributed by atoms with E-state index in [1.54, 1.807) is 38.1 Å². The molecule has 1 N–H and O–H groups in total. The Hall–Kier alpha value is -1.82. The van der Waals surface area contributed by atoms with Gasteiger partial charge in [-0.15, -0.1) is 11.3 Å². The zero-order valence-corrected chi connectivity index (χ0v) is 17.2. The normalized spacial score (nSPS) is 11.2. The standard InChI is InChI=1S/C19H19Cl2NO3S/c1-10(2)25-19(24)17-11(3)12(4)26-18(17)22-16(23)9-8-13-14(20)6-5-7-15(13)21/h5-10H,1-4H3,(H,22,23)/b9-8+. The average molecular weight is 412 g/mol. The third-order valence-corrected chi connectivity index (χ3v) is 5.35. The molecule has 1 amide bonds. The number of halogens is 2. The molecule has 0 fully saturated rings. The number of hydrogen-bond acceptors (Lipinski definition) is 4. The van der Waals surface area contributed by atoms with E-state index in [0.29, 0.717) is 26.2 Å². The lowest BCUT2D eigenvalue weighted by molar-refractivity contribution is -0.111. The topological polar surface area (TPSA) is 55.4 Å². The number of rotatable bonds is 5. The van der Waals surface area contributed by atoms with E-state index >= 15 is 0 Å². The van der Waals surface area contributed by atoms with Crippen LogP contribution in [0, 0.1) is 13.8 Å². The van der Waals surface area contributed by atoms with Crippen LogP contribution in [0.15, 0.2) is 24.3 Å². The van der Waals surface area contributed by atoms with Crippen LogP contribution in [0.4, 0.5) is 5.00 Å². The van der Waals surface area contributed by atoms with Gasteiger partial charge in [-0.25, -0.2) is 4.79 Å². The number of carbonyl (C=O) groups is 2. The van der Waals surface area contributed by atoms with Crippen molar-refractivity contribution in [1.82, 2.24) is 0 Å². The van der Waals surface area contributed by atoms with Crippen molar-refractivity contribution in [2.24, 2.45) is 0 Å². The Balaban J connectivity index is 2.23. The van der Waals surface area contributed by atoms with Gasteiger partial charge < -0.3 is 10.1 Å². The van der Waals surface area contributed by atoms with Gasteiger partial charge in [0, 0.05) is 26.6 Å². The lowest BCUT2D eigenvalue weighted by Gasteiger charge is -2.09. The highest BCUT2D eigenvalue weighted by Gasteiger charge is 2.22. The second-order valence-corrected chi connectivity index (χ2v) is 7.94. The van der Waals surface area contributed by atoms with Gasteiger partial charge in [-0.2, -0.15) is 0 Å². The third-order valence-electron chi connectivity index (χ3n) is 3.57. The van der Waals surface area contributed by atoms with E-state index in [1.165, 1.54) is 17.4 Å². The van der Waals surface area contributed by atoms with E-state index in [4.69, 9.17) is 27.9 Å². The minimum atomic E-state index is -0.449. The SMILES string of the molecule is Cc1sc(NC(=O)/C=C/c2c(Cl)cccc2Cl)c(C(=O)OC(C)C)c1C. The Morgan fingerprint density at radius 1 is 1.19 bits per heavy atom. The van der Waals surface area contributed by atoms with E-state index in [1.807, 2.05) is 13.8 Å². The molecule has 4 nitrogen and oxygen atoms in total. The zero-order valence-electron chi connectivity index (χ0n) is 14.9. The Bertz CT molecular complexity index is 852. The highest BCUT2D eigenvalue weighted by atomic mass is 35.5. The molecule has 138 valence electrons. The first-order valence-corrected chi connectivity index (χ1v) is 9.52. The summed E-state index contributed by atoms with van der Waals surface area (Å²) in [7, 11) is 0. The van der Waals surface area contributed by atoms with Crippen LogP contribution in [0.1, 0.15) is 40.2 Å². The van der Waals surface area contributed by atoms with Crippen LogP contribution in [0.5, 0.6) is 0 Å². The van der Waals surface area contributed by atoms with Crippen LogP contribution in [-0.4, -0.2) is 18.0 Å². The predicted molar refractivity (Wildman–Crippen MR) is 108 cm³/mol. The van der Waals surface area contributed by atoms with Crippen LogP contribution in [-0.2, 0) is 9.53 Å². The number of carbonyl (C=O) groups excluding carboxylic acids is 2. The monoisotopic (exact) mass is 411 g/mol. The molecule has 2 aromatic rings. The van der Waals surface area contributed by atoms with Gasteiger partial charge >= 0.3 is 5.97 Å². The molecular formula is C19H19Cl2NO3S. The van der Waals surface area contributed by atoms with Crippen LogP contribution in [0.3, 0.4) is 0 Å². The smallest absolute Gasteiger partial charge is 0.341 e. The molecule has 1 heterocycles. The summed E-state index contributed by atoms with van der Waals surface area (Å²) in [5, 5.41) is 4.10. The Kier molecular flexibility index (Phi) is 6.87. The average Bonchev–Trinajstić information content (AvgIpc) is 2.80. The molecule has 0 bridgehead atoms. The van der Waals surface area contributed by atoms with Crippen molar-refractivity contribution in [2.75, 3.05) is 5.32 Å². The molecule has 0 unspecified atom stereocenters. The van der Waals surface area contributed by atoms with Crippen LogP contribution < -0.4 is 5.32 Å². The van der Waals surface area contributed by atoms with E-state index in [0.717, 1.165) is 10.4 Å². The first kappa shape index (κ1) is 20.5. The largest absolute Gasteiger partial charge is 0.459 e. The number of benzene rings is 1. The quantitative estimate of drug-likeness (QED) is 0.492. The van der Waals surface area contributed by atoms with Crippen LogP contribution in [0.2, 0.25) is 10.0 Å². The predicted octanol–water partition coefficient (Wildman–Crippen LogP) is 5.89. The van der Waals surface area contributed by atoms with Gasteiger partial charge in [0.25, 0.3) is 0 Å². The maximum Gasteiger partial charge on any atom is 0.341 e. The second kappa shape index (κ2) is 8.71. The molecule has 1 aromatic heterocycles. The molecule has 0 spiro atoms. The molecule has 0 aliphatic carbocycles. The summed E-state index contributed by atoms with van der Waals surface area (Å²) in [5.41, 5.74) is 1.75. The molecule has 0 aliphatic heterocycles. The highest BCUT2D eigenvalue weighted by Crippen LogP contribution is 2.33. The van der Waals surface area contributed by atoms with Gasteiger partial charge in [0.15, 0.2) is 0 Å². The maximum atomic E-state index is 12.3. The van der Waals surface area contributed by atoms with Gasteiger partial charge in [-0.1, -0.05) is 29.3 Å². The fourth-order valence-electron chi connectivity index (χ4n) is 2.22. The fraction of sp³-hybridized carbons (Fsp3) is 0.263. The third kappa shape index (κ3) is 4.87. The summed E-state index contributed by atoms with van der Waals surface area (Å²) < 4.78 is 5.28. The van der Waals surface area contributed by atoms with Crippen molar-refractivity contribution >= 4 is 57.5 Å².